The maximum atomic E-state index is 10.3. The Bertz CT molecular complexity index is 324. The number of nitroso groups, excluding NO2 is 1. The van der Waals surface area contributed by atoms with Crippen LogP contribution in [0.1, 0.15) is 0 Å². The van der Waals surface area contributed by atoms with E-state index < -0.39 is 19.9 Å². The van der Waals surface area contributed by atoms with E-state index in [1.165, 1.54) is 5.29 Å². The van der Waals surface area contributed by atoms with Gasteiger partial charge in [0, 0.05) is 4.91 Å². The van der Waals surface area contributed by atoms with Crippen LogP contribution in [0.4, 0.5) is 0 Å². The molecule has 10 nitrogen and oxygen atoms in total. The maximum Gasteiger partial charge on any atom is 0.496 e. The van der Waals surface area contributed by atoms with Crippen molar-refractivity contribution in [3.8, 4) is 6.26 Å². The van der Waals surface area contributed by atoms with E-state index in [1.54, 1.807) is 0 Å². The standard InChI is InChI=1S/CN4O6S/c2-1-11-12(9,10)4(3-6)5(7)8. The second-order valence-electron chi connectivity index (χ2n) is 1.17. The van der Waals surface area contributed by atoms with Gasteiger partial charge in [0.15, 0.2) is 4.52 Å². The molecule has 0 unspecified atom stereocenters. The Morgan fingerprint density at radius 2 is 2.17 bits per heavy atom. The molecule has 12 heavy (non-hydrogen) atoms. The Morgan fingerprint density at radius 3 is 2.42 bits per heavy atom. The number of hydrogen-bond donors (Lipinski definition) is 0. The number of hydrogen-bond acceptors (Lipinski definition) is 8. The van der Waals surface area contributed by atoms with Crippen LogP contribution in [0.5, 0.6) is 0 Å². The molecule has 0 saturated heterocycles. The van der Waals surface area contributed by atoms with E-state index in [0.29, 0.717) is 6.26 Å². The van der Waals surface area contributed by atoms with Crippen LogP contribution < -0.4 is 0 Å². The maximum absolute atomic E-state index is 10.3. The van der Waals surface area contributed by atoms with Crippen LogP contribution >= 0.6 is 0 Å². The molecule has 0 N–H and O–H groups in total. The Kier molecular flexibility index (Phi) is 2.88. The largest absolute Gasteiger partial charge is 0.496 e. The zero-order valence-corrected chi connectivity index (χ0v) is 5.96. The summed E-state index contributed by atoms with van der Waals surface area (Å²) in [5, 5.41) is 17.2. The van der Waals surface area contributed by atoms with E-state index in [1.807, 2.05) is 0 Å². The second-order valence-corrected chi connectivity index (χ2v) is 2.52. The van der Waals surface area contributed by atoms with E-state index in [-0.39, 0.29) is 0 Å². The molecule has 0 bridgehead atoms. The predicted molar refractivity (Wildman–Crippen MR) is 30.2 cm³/mol. The Balaban J connectivity index is 4.88. The first-order valence-corrected chi connectivity index (χ1v) is 3.42. The number of nitrogens with zero attached hydrogens (tertiary/aromatic N) is 4. The number of nitriles is 1. The van der Waals surface area contributed by atoms with E-state index in [4.69, 9.17) is 5.26 Å². The summed E-state index contributed by atoms with van der Waals surface area (Å²) in [6.45, 7) is 0. The average molecular weight is 196 g/mol. The molecule has 0 fully saturated rings. The van der Waals surface area contributed by atoms with Gasteiger partial charge >= 0.3 is 21.8 Å². The summed E-state index contributed by atoms with van der Waals surface area (Å²) in [6, 6.07) is 0. The van der Waals surface area contributed by atoms with Crippen LogP contribution in [0.2, 0.25) is 0 Å². The monoisotopic (exact) mass is 196 g/mol. The highest BCUT2D eigenvalue weighted by molar-refractivity contribution is 7.84. The summed E-state index contributed by atoms with van der Waals surface area (Å²) >= 11 is 0. The molecule has 0 aliphatic heterocycles. The molecular weight excluding hydrogens is 196 g/mol. The van der Waals surface area contributed by atoms with Gasteiger partial charge in [-0.2, -0.15) is 8.42 Å². The van der Waals surface area contributed by atoms with Gasteiger partial charge in [-0.25, -0.2) is 0 Å². The van der Waals surface area contributed by atoms with Crippen molar-refractivity contribution in [1.29, 1.82) is 5.26 Å². The first kappa shape index (κ1) is 10.0. The van der Waals surface area contributed by atoms with Crippen molar-refractivity contribution in [3.63, 3.8) is 0 Å². The third-order valence-electron chi connectivity index (χ3n) is 0.552. The zero-order chi connectivity index (χ0) is 9.78. The molecular formula is CN4O6S. The highest BCUT2D eigenvalue weighted by Crippen LogP contribution is 2.02. The minimum absolute atomic E-state index is 0.645. The van der Waals surface area contributed by atoms with Crippen LogP contribution in [0.25, 0.3) is 0 Å². The normalized spacial score (nSPS) is 9.58. The minimum Gasteiger partial charge on any atom is -0.338 e. The summed E-state index contributed by atoms with van der Waals surface area (Å²) in [6.07, 6.45) is 0.645. The van der Waals surface area contributed by atoms with Crippen molar-refractivity contribution in [2.24, 2.45) is 5.29 Å². The fourth-order valence-electron chi connectivity index (χ4n) is 0.233. The van der Waals surface area contributed by atoms with Crippen LogP contribution in [-0.2, 0) is 14.5 Å². The highest BCUT2D eigenvalue weighted by Gasteiger charge is 2.36. The molecule has 0 aromatic rings. The fraction of sp³-hybridized carbons (Fsp3) is 0. The molecule has 0 radical (unpaired) electrons. The number of nitro groups is 1. The van der Waals surface area contributed by atoms with Crippen molar-refractivity contribution >= 4 is 10.3 Å². The first-order chi connectivity index (χ1) is 5.45. The first-order valence-electron chi connectivity index (χ1n) is 2.06. The van der Waals surface area contributed by atoms with Gasteiger partial charge in [0.2, 0.25) is 0 Å². The topological polar surface area (TPSA) is 143 Å². The van der Waals surface area contributed by atoms with E-state index in [2.05, 4.69) is 4.18 Å². The van der Waals surface area contributed by atoms with Gasteiger partial charge in [-0.3, -0.25) is 4.18 Å². The quantitative estimate of drug-likeness (QED) is 0.240. The van der Waals surface area contributed by atoms with Gasteiger partial charge in [0.25, 0.3) is 0 Å². The summed E-state index contributed by atoms with van der Waals surface area (Å²) in [5.41, 5.74) is 0. The molecule has 0 saturated carbocycles. The molecule has 0 heterocycles. The van der Waals surface area contributed by atoms with Gasteiger partial charge in [0.1, 0.15) is 0 Å². The second kappa shape index (κ2) is 3.44. The third-order valence-corrected chi connectivity index (χ3v) is 1.44. The van der Waals surface area contributed by atoms with Gasteiger partial charge < -0.3 is 10.1 Å². The summed E-state index contributed by atoms with van der Waals surface area (Å²) in [5.74, 6) is 0. The Morgan fingerprint density at radius 1 is 1.67 bits per heavy atom. The molecule has 0 aromatic heterocycles. The number of rotatable bonds is 4. The molecule has 0 rings (SSSR count). The van der Waals surface area contributed by atoms with Crippen molar-refractivity contribution in [2.75, 3.05) is 0 Å². The summed E-state index contributed by atoms with van der Waals surface area (Å²) in [7, 11) is -5.03. The van der Waals surface area contributed by atoms with Crippen molar-refractivity contribution in [2.45, 2.75) is 0 Å². The summed E-state index contributed by atoms with van der Waals surface area (Å²) < 4.78 is 22.8. The van der Waals surface area contributed by atoms with E-state index in [9.17, 15) is 23.4 Å². The van der Waals surface area contributed by atoms with Crippen LogP contribution in [-0.4, -0.2) is 18.0 Å². The SMILES string of the molecule is N#COS(=O)(=O)N(N=O)[N+](=O)[O-]. The predicted octanol–water partition coefficient (Wildman–Crippen LogP) is -1.10. The molecule has 11 heteroatoms. The van der Waals surface area contributed by atoms with Crippen LogP contribution in [0.15, 0.2) is 5.29 Å². The fourth-order valence-corrected chi connectivity index (χ4v) is 0.639. The smallest absolute Gasteiger partial charge is 0.338 e. The lowest BCUT2D eigenvalue weighted by Gasteiger charge is -2.00. The molecule has 66 valence electrons. The van der Waals surface area contributed by atoms with Gasteiger partial charge in [-0.15, -0.1) is 5.26 Å². The summed E-state index contributed by atoms with van der Waals surface area (Å²) in [4.78, 5) is 19.3. The third kappa shape index (κ3) is 2.02. The zero-order valence-electron chi connectivity index (χ0n) is 5.15. The van der Waals surface area contributed by atoms with Gasteiger partial charge in [0.05, 0.1) is 5.03 Å². The van der Waals surface area contributed by atoms with Crippen molar-refractivity contribution < 1.29 is 17.6 Å². The molecule has 0 aliphatic carbocycles. The lowest BCUT2D eigenvalue weighted by Crippen LogP contribution is -2.31. The van der Waals surface area contributed by atoms with Crippen LogP contribution in [0.3, 0.4) is 0 Å². The molecule has 0 aromatic carbocycles. The van der Waals surface area contributed by atoms with Gasteiger partial charge in [-0.1, -0.05) is 0 Å². The van der Waals surface area contributed by atoms with Crippen LogP contribution in [0, 0.1) is 26.5 Å². The lowest BCUT2D eigenvalue weighted by atomic mass is 11.6. The molecule has 0 spiro atoms. The average Bonchev–Trinajstić information content (AvgIpc) is 1.86. The number of hydrazine groups is 1. The van der Waals surface area contributed by atoms with E-state index in [0.717, 1.165) is 0 Å². The molecule has 0 atom stereocenters. The Hall–Kier alpha value is -1.96. The highest BCUT2D eigenvalue weighted by atomic mass is 32.2. The van der Waals surface area contributed by atoms with Crippen molar-refractivity contribution in [3.05, 3.63) is 15.0 Å². The molecule has 0 amide bonds. The van der Waals surface area contributed by atoms with E-state index >= 15 is 0 Å². The Labute approximate surface area is 65.3 Å². The van der Waals surface area contributed by atoms with Crippen molar-refractivity contribution in [1.82, 2.24) is 4.52 Å². The van der Waals surface area contributed by atoms with Gasteiger partial charge in [-0.05, 0) is 0 Å². The lowest BCUT2D eigenvalue weighted by molar-refractivity contribution is -0.623. The molecule has 0 aliphatic rings. The minimum atomic E-state index is -5.03.